The van der Waals surface area contributed by atoms with E-state index in [2.05, 4.69) is 21.2 Å². The highest BCUT2D eigenvalue weighted by molar-refractivity contribution is 9.10. The molecule has 15 heavy (non-hydrogen) atoms. The van der Waals surface area contributed by atoms with Crippen LogP contribution in [0.4, 0.5) is 0 Å². The predicted octanol–water partition coefficient (Wildman–Crippen LogP) is 2.88. The molecule has 0 atom stereocenters. The number of nitrogens with one attached hydrogen (secondary N) is 1. The van der Waals surface area contributed by atoms with Crippen LogP contribution in [-0.4, -0.2) is 12.5 Å². The van der Waals surface area contributed by atoms with E-state index in [1.165, 1.54) is 0 Å². The lowest BCUT2D eigenvalue weighted by Gasteiger charge is -2.26. The second-order valence-electron chi connectivity index (χ2n) is 4.25. The Morgan fingerprint density at radius 2 is 2.13 bits per heavy atom. The van der Waals surface area contributed by atoms with Crippen LogP contribution in [0.2, 0.25) is 5.02 Å². The van der Waals surface area contributed by atoms with Gasteiger partial charge in [0.1, 0.15) is 0 Å². The van der Waals surface area contributed by atoms with Crippen molar-refractivity contribution >= 4 is 33.4 Å². The van der Waals surface area contributed by atoms with Gasteiger partial charge < -0.3 is 5.32 Å². The van der Waals surface area contributed by atoms with Gasteiger partial charge in [0.25, 0.3) is 5.91 Å². The summed E-state index contributed by atoms with van der Waals surface area (Å²) in [7, 11) is 0. The number of benzene rings is 1. The minimum absolute atomic E-state index is 0.00285. The summed E-state index contributed by atoms with van der Waals surface area (Å²) in [6.45, 7) is 0.731. The molecule has 1 aliphatic heterocycles. The number of hydrogen-bond donors (Lipinski definition) is 1. The third kappa shape index (κ3) is 1.26. The Morgan fingerprint density at radius 3 is 2.80 bits per heavy atom. The largest absolute Gasteiger partial charge is 0.351 e. The van der Waals surface area contributed by atoms with Gasteiger partial charge in [0.2, 0.25) is 0 Å². The molecule has 0 aromatic heterocycles. The zero-order valence-corrected chi connectivity index (χ0v) is 10.3. The molecular formula is C11H9BrClNO. The van der Waals surface area contributed by atoms with Crippen molar-refractivity contribution in [2.45, 2.75) is 18.3 Å². The molecule has 1 saturated carbocycles. The molecule has 1 aromatic carbocycles. The summed E-state index contributed by atoms with van der Waals surface area (Å²) in [6.07, 6.45) is 2.24. The molecule has 1 spiro atoms. The zero-order chi connectivity index (χ0) is 10.6. The molecule has 78 valence electrons. The van der Waals surface area contributed by atoms with E-state index >= 15 is 0 Å². The first-order valence-electron chi connectivity index (χ1n) is 4.91. The van der Waals surface area contributed by atoms with Gasteiger partial charge in [-0.15, -0.1) is 0 Å². The van der Waals surface area contributed by atoms with Crippen molar-refractivity contribution in [3.63, 3.8) is 0 Å². The maximum Gasteiger partial charge on any atom is 0.251 e. The van der Waals surface area contributed by atoms with E-state index in [9.17, 15) is 4.79 Å². The Hall–Kier alpha value is -0.540. The van der Waals surface area contributed by atoms with Gasteiger partial charge in [-0.25, -0.2) is 0 Å². The third-order valence-corrected chi connectivity index (χ3v) is 4.59. The molecule has 0 radical (unpaired) electrons. The smallest absolute Gasteiger partial charge is 0.251 e. The third-order valence-electron chi connectivity index (χ3n) is 3.31. The molecule has 2 nitrogen and oxygen atoms in total. The summed E-state index contributed by atoms with van der Waals surface area (Å²) < 4.78 is 0.879. The average Bonchev–Trinajstić information content (AvgIpc) is 2.98. The molecule has 1 amide bonds. The van der Waals surface area contributed by atoms with Gasteiger partial charge in [-0.2, -0.15) is 0 Å². The highest BCUT2D eigenvalue weighted by Gasteiger charge is 2.50. The molecule has 1 aromatic rings. The van der Waals surface area contributed by atoms with Crippen molar-refractivity contribution in [3.8, 4) is 0 Å². The average molecular weight is 287 g/mol. The summed E-state index contributed by atoms with van der Waals surface area (Å²) in [5, 5.41) is 3.63. The number of carbonyl (C=O) groups excluding carboxylic acids is 1. The van der Waals surface area contributed by atoms with E-state index in [1.54, 1.807) is 0 Å². The van der Waals surface area contributed by atoms with E-state index in [0.29, 0.717) is 5.02 Å². The van der Waals surface area contributed by atoms with Crippen LogP contribution in [0.1, 0.15) is 28.8 Å². The molecule has 1 N–H and O–H groups in total. The van der Waals surface area contributed by atoms with Crippen LogP contribution in [-0.2, 0) is 5.41 Å². The minimum atomic E-state index is -0.00285. The number of hydrogen-bond acceptors (Lipinski definition) is 1. The number of carbonyl (C=O) groups is 1. The zero-order valence-electron chi connectivity index (χ0n) is 7.94. The van der Waals surface area contributed by atoms with Crippen LogP contribution < -0.4 is 5.32 Å². The molecule has 4 heteroatoms. The summed E-state index contributed by atoms with van der Waals surface area (Å²) in [5.74, 6) is -0.00285. The quantitative estimate of drug-likeness (QED) is 0.781. The van der Waals surface area contributed by atoms with Crippen LogP contribution in [0, 0.1) is 0 Å². The summed E-state index contributed by atoms with van der Waals surface area (Å²) in [4.78, 5) is 11.7. The number of halogens is 2. The summed E-state index contributed by atoms with van der Waals surface area (Å²) in [6, 6.07) is 3.68. The van der Waals surface area contributed by atoms with Gasteiger partial charge in [0.05, 0.1) is 5.02 Å². The number of fused-ring (bicyclic) bond motifs is 2. The molecule has 1 heterocycles. The Kier molecular flexibility index (Phi) is 1.92. The maximum atomic E-state index is 11.7. The van der Waals surface area contributed by atoms with Crippen molar-refractivity contribution in [2.75, 3.05) is 6.54 Å². The molecule has 2 aliphatic rings. The Balaban J connectivity index is 2.29. The van der Waals surface area contributed by atoms with E-state index in [0.717, 1.165) is 35.0 Å². The molecule has 0 saturated heterocycles. The van der Waals surface area contributed by atoms with Crippen LogP contribution >= 0.6 is 27.5 Å². The highest BCUT2D eigenvalue weighted by Crippen LogP contribution is 2.53. The fourth-order valence-electron chi connectivity index (χ4n) is 2.27. The number of amides is 1. The van der Waals surface area contributed by atoms with Crippen molar-refractivity contribution in [1.82, 2.24) is 5.32 Å². The maximum absolute atomic E-state index is 11.7. The van der Waals surface area contributed by atoms with Gasteiger partial charge >= 0.3 is 0 Å². The lowest BCUT2D eigenvalue weighted by Crippen LogP contribution is -2.39. The van der Waals surface area contributed by atoms with Crippen LogP contribution in [0.25, 0.3) is 0 Å². The molecule has 3 rings (SSSR count). The van der Waals surface area contributed by atoms with Crippen molar-refractivity contribution in [2.24, 2.45) is 0 Å². The normalized spacial score (nSPS) is 21.1. The van der Waals surface area contributed by atoms with E-state index < -0.39 is 0 Å². The van der Waals surface area contributed by atoms with Crippen molar-refractivity contribution in [3.05, 3.63) is 32.8 Å². The fourth-order valence-corrected chi connectivity index (χ4v) is 2.96. The molecular weight excluding hydrogens is 277 g/mol. The van der Waals surface area contributed by atoms with Gasteiger partial charge in [0.15, 0.2) is 0 Å². The number of rotatable bonds is 0. The first-order valence-corrected chi connectivity index (χ1v) is 6.08. The van der Waals surface area contributed by atoms with Gasteiger partial charge in [0, 0.05) is 22.0 Å². The lowest BCUT2D eigenvalue weighted by molar-refractivity contribution is 0.0937. The van der Waals surface area contributed by atoms with Gasteiger partial charge in [-0.1, -0.05) is 11.6 Å². The van der Waals surface area contributed by atoms with Gasteiger partial charge in [-0.05, 0) is 46.5 Å². The highest BCUT2D eigenvalue weighted by atomic mass is 79.9. The first kappa shape index (κ1) is 9.67. The summed E-state index contributed by atoms with van der Waals surface area (Å²) >= 11 is 9.68. The SMILES string of the molecule is O=C1NCC2(CC2)c2c1ccc(Br)c2Cl. The van der Waals surface area contributed by atoms with E-state index in [-0.39, 0.29) is 11.3 Å². The monoisotopic (exact) mass is 285 g/mol. The Morgan fingerprint density at radius 1 is 1.40 bits per heavy atom. The van der Waals surface area contributed by atoms with Crippen LogP contribution in [0.15, 0.2) is 16.6 Å². The second-order valence-corrected chi connectivity index (χ2v) is 5.48. The van der Waals surface area contributed by atoms with Crippen LogP contribution in [0.3, 0.4) is 0 Å². The van der Waals surface area contributed by atoms with E-state index in [1.807, 2.05) is 12.1 Å². The predicted molar refractivity (Wildman–Crippen MR) is 62.4 cm³/mol. The lowest BCUT2D eigenvalue weighted by atomic mass is 9.87. The van der Waals surface area contributed by atoms with Crippen LogP contribution in [0.5, 0.6) is 0 Å². The topological polar surface area (TPSA) is 29.1 Å². The minimum Gasteiger partial charge on any atom is -0.351 e. The molecule has 0 bridgehead atoms. The Labute approximate surface area is 101 Å². The van der Waals surface area contributed by atoms with E-state index in [4.69, 9.17) is 11.6 Å². The molecule has 1 fully saturated rings. The van der Waals surface area contributed by atoms with Gasteiger partial charge in [-0.3, -0.25) is 4.79 Å². The van der Waals surface area contributed by atoms with Crippen molar-refractivity contribution in [1.29, 1.82) is 0 Å². The fraction of sp³-hybridized carbons (Fsp3) is 0.364. The van der Waals surface area contributed by atoms with Crippen molar-refractivity contribution < 1.29 is 4.79 Å². The molecule has 0 unspecified atom stereocenters. The summed E-state index contributed by atoms with van der Waals surface area (Å²) in [5.41, 5.74) is 1.92. The Bertz CT molecular complexity index is 468. The molecule has 1 aliphatic carbocycles. The standard InChI is InChI=1S/C11H9BrClNO/c12-7-2-1-6-8(9(7)13)11(3-4-11)5-14-10(6)15/h1-2H,3-5H2,(H,14,15). The first-order chi connectivity index (χ1) is 7.14. The second kappa shape index (κ2) is 2.98.